The van der Waals surface area contributed by atoms with Gasteiger partial charge in [0.1, 0.15) is 11.6 Å². The van der Waals surface area contributed by atoms with E-state index in [2.05, 4.69) is 15.6 Å². The molecule has 0 bridgehead atoms. The first-order valence-electron chi connectivity index (χ1n) is 9.39. The fourth-order valence-corrected chi connectivity index (χ4v) is 3.16. The van der Waals surface area contributed by atoms with Crippen LogP contribution in [0.2, 0.25) is 0 Å². The Morgan fingerprint density at radius 1 is 1.14 bits per heavy atom. The van der Waals surface area contributed by atoms with Crippen LogP contribution in [0.4, 0.5) is 10.1 Å². The number of ether oxygens (including phenoxy) is 2. The van der Waals surface area contributed by atoms with Crippen molar-refractivity contribution in [1.29, 1.82) is 0 Å². The highest BCUT2D eigenvalue weighted by atomic mass is 19.1. The normalized spacial score (nSPS) is 14.7. The van der Waals surface area contributed by atoms with E-state index in [-0.39, 0.29) is 5.82 Å². The van der Waals surface area contributed by atoms with Crippen LogP contribution in [0.5, 0.6) is 5.75 Å². The minimum atomic E-state index is -0.210. The van der Waals surface area contributed by atoms with Gasteiger partial charge >= 0.3 is 0 Å². The zero-order chi connectivity index (χ0) is 19.8. The average Bonchev–Trinajstić information content (AvgIpc) is 2.75. The minimum Gasteiger partial charge on any atom is -0.496 e. The van der Waals surface area contributed by atoms with E-state index in [1.54, 1.807) is 20.2 Å². The first-order valence-corrected chi connectivity index (χ1v) is 9.39. The number of halogens is 1. The van der Waals surface area contributed by atoms with Crippen LogP contribution in [0.3, 0.4) is 0 Å². The summed E-state index contributed by atoms with van der Waals surface area (Å²) >= 11 is 0. The van der Waals surface area contributed by atoms with Crippen LogP contribution < -0.4 is 20.3 Å². The molecule has 6 nitrogen and oxygen atoms in total. The first-order chi connectivity index (χ1) is 13.7. The third-order valence-corrected chi connectivity index (χ3v) is 4.69. The van der Waals surface area contributed by atoms with Crippen molar-refractivity contribution in [3.8, 4) is 5.75 Å². The van der Waals surface area contributed by atoms with E-state index < -0.39 is 0 Å². The van der Waals surface area contributed by atoms with Gasteiger partial charge in [0.2, 0.25) is 0 Å². The number of hydrogen-bond donors (Lipinski definition) is 2. The molecule has 0 aliphatic carbocycles. The second kappa shape index (κ2) is 9.94. The topological polar surface area (TPSA) is 58.1 Å². The maximum atomic E-state index is 14.5. The molecule has 1 saturated heterocycles. The molecular formula is C21H27FN4O2. The molecule has 150 valence electrons. The molecule has 0 aromatic heterocycles. The van der Waals surface area contributed by atoms with Crippen LogP contribution in [0, 0.1) is 5.82 Å². The van der Waals surface area contributed by atoms with Crippen molar-refractivity contribution in [1.82, 2.24) is 10.6 Å². The van der Waals surface area contributed by atoms with Crippen molar-refractivity contribution in [3.63, 3.8) is 0 Å². The predicted octanol–water partition coefficient (Wildman–Crippen LogP) is 2.54. The highest BCUT2D eigenvalue weighted by molar-refractivity contribution is 5.79. The Hall–Kier alpha value is -2.80. The molecule has 0 atom stereocenters. The number of benzene rings is 2. The summed E-state index contributed by atoms with van der Waals surface area (Å²) < 4.78 is 25.2. The number of guanidine groups is 1. The van der Waals surface area contributed by atoms with Crippen molar-refractivity contribution in [2.24, 2.45) is 4.99 Å². The van der Waals surface area contributed by atoms with Crippen molar-refractivity contribution in [2.45, 2.75) is 13.1 Å². The van der Waals surface area contributed by atoms with Crippen LogP contribution in [0.1, 0.15) is 11.1 Å². The molecule has 0 radical (unpaired) electrons. The second-order valence-electron chi connectivity index (χ2n) is 6.48. The number of para-hydroxylation sites is 1. The van der Waals surface area contributed by atoms with Gasteiger partial charge in [0.25, 0.3) is 0 Å². The van der Waals surface area contributed by atoms with E-state index in [9.17, 15) is 4.39 Å². The number of methoxy groups -OCH3 is 1. The van der Waals surface area contributed by atoms with Gasteiger partial charge in [-0.05, 0) is 23.8 Å². The summed E-state index contributed by atoms with van der Waals surface area (Å²) in [4.78, 5) is 6.24. The summed E-state index contributed by atoms with van der Waals surface area (Å²) in [7, 11) is 3.36. The van der Waals surface area contributed by atoms with E-state index in [4.69, 9.17) is 9.47 Å². The Labute approximate surface area is 165 Å². The lowest BCUT2D eigenvalue weighted by Crippen LogP contribution is -2.37. The molecule has 1 heterocycles. The lowest BCUT2D eigenvalue weighted by molar-refractivity contribution is 0.122. The fourth-order valence-electron chi connectivity index (χ4n) is 3.16. The largest absolute Gasteiger partial charge is 0.496 e. The molecule has 0 spiro atoms. The van der Waals surface area contributed by atoms with Gasteiger partial charge in [-0.1, -0.05) is 24.3 Å². The molecular weight excluding hydrogens is 359 g/mol. The zero-order valence-corrected chi connectivity index (χ0v) is 16.4. The zero-order valence-electron chi connectivity index (χ0n) is 16.4. The smallest absolute Gasteiger partial charge is 0.191 e. The van der Waals surface area contributed by atoms with E-state index in [1.165, 1.54) is 0 Å². The predicted molar refractivity (Wildman–Crippen MR) is 109 cm³/mol. The Morgan fingerprint density at radius 2 is 1.89 bits per heavy atom. The quantitative estimate of drug-likeness (QED) is 0.590. The molecule has 1 fully saturated rings. The minimum absolute atomic E-state index is 0.210. The monoisotopic (exact) mass is 386 g/mol. The van der Waals surface area contributed by atoms with E-state index >= 15 is 0 Å². The van der Waals surface area contributed by atoms with Crippen LogP contribution in [-0.2, 0) is 17.8 Å². The van der Waals surface area contributed by atoms with Crippen molar-refractivity contribution in [2.75, 3.05) is 45.4 Å². The van der Waals surface area contributed by atoms with E-state index in [1.807, 2.05) is 41.3 Å². The van der Waals surface area contributed by atoms with Gasteiger partial charge in [-0.15, -0.1) is 0 Å². The van der Waals surface area contributed by atoms with Crippen molar-refractivity contribution >= 4 is 11.6 Å². The number of nitrogens with one attached hydrogen (secondary N) is 2. The summed E-state index contributed by atoms with van der Waals surface area (Å²) in [5, 5.41) is 6.47. The molecule has 2 aromatic carbocycles. The molecule has 3 rings (SSSR count). The number of morpholine rings is 1. The lowest BCUT2D eigenvalue weighted by Gasteiger charge is -2.29. The van der Waals surface area contributed by atoms with Gasteiger partial charge in [-0.25, -0.2) is 4.39 Å². The molecule has 7 heteroatoms. The molecule has 28 heavy (non-hydrogen) atoms. The highest BCUT2D eigenvalue weighted by Crippen LogP contribution is 2.21. The molecule has 0 unspecified atom stereocenters. The Balaban J connectivity index is 1.55. The van der Waals surface area contributed by atoms with Gasteiger partial charge in [0, 0.05) is 38.8 Å². The molecule has 2 N–H and O–H groups in total. The third-order valence-electron chi connectivity index (χ3n) is 4.69. The van der Waals surface area contributed by atoms with Gasteiger partial charge in [0.05, 0.1) is 26.0 Å². The Morgan fingerprint density at radius 3 is 2.61 bits per heavy atom. The Kier molecular flexibility index (Phi) is 7.08. The summed E-state index contributed by atoms with van der Waals surface area (Å²) in [6.07, 6.45) is 0. The summed E-state index contributed by atoms with van der Waals surface area (Å²) in [5.41, 5.74) is 2.52. The maximum absolute atomic E-state index is 14.5. The number of hydrogen-bond acceptors (Lipinski definition) is 4. The maximum Gasteiger partial charge on any atom is 0.191 e. The van der Waals surface area contributed by atoms with E-state index in [0.29, 0.717) is 51.0 Å². The van der Waals surface area contributed by atoms with Gasteiger partial charge in [0.15, 0.2) is 5.96 Å². The molecule has 0 saturated carbocycles. The molecule has 1 aliphatic heterocycles. The van der Waals surface area contributed by atoms with Gasteiger partial charge < -0.3 is 25.0 Å². The third kappa shape index (κ3) is 5.13. The summed E-state index contributed by atoms with van der Waals surface area (Å²) in [6, 6.07) is 13.2. The molecule has 2 aromatic rings. The summed E-state index contributed by atoms with van der Waals surface area (Å²) in [6.45, 7) is 3.76. The first kappa shape index (κ1) is 19.9. The van der Waals surface area contributed by atoms with Crippen LogP contribution in [-0.4, -0.2) is 46.4 Å². The number of anilines is 1. The highest BCUT2D eigenvalue weighted by Gasteiger charge is 2.15. The van der Waals surface area contributed by atoms with Gasteiger partial charge in [-0.2, -0.15) is 0 Å². The number of aliphatic imine (C=N–C) groups is 1. The average molecular weight is 386 g/mol. The molecule has 0 amide bonds. The van der Waals surface area contributed by atoms with Crippen LogP contribution in [0.25, 0.3) is 0 Å². The number of nitrogens with zero attached hydrogens (tertiary/aromatic N) is 2. The molecule has 1 aliphatic rings. The SMILES string of the molecule is CN=C(NCc1ccc(N2CCOCC2)c(F)c1)NCc1ccccc1OC. The van der Waals surface area contributed by atoms with Crippen molar-refractivity contribution in [3.05, 3.63) is 59.4 Å². The van der Waals surface area contributed by atoms with Gasteiger partial charge in [-0.3, -0.25) is 4.99 Å². The van der Waals surface area contributed by atoms with Crippen molar-refractivity contribution < 1.29 is 13.9 Å². The number of rotatable bonds is 6. The lowest BCUT2D eigenvalue weighted by atomic mass is 10.1. The summed E-state index contributed by atoms with van der Waals surface area (Å²) in [5.74, 6) is 1.26. The van der Waals surface area contributed by atoms with Crippen LogP contribution in [0.15, 0.2) is 47.5 Å². The van der Waals surface area contributed by atoms with E-state index in [0.717, 1.165) is 16.9 Å². The Bertz CT molecular complexity index is 807. The second-order valence-corrected chi connectivity index (χ2v) is 6.48. The van der Waals surface area contributed by atoms with Crippen LogP contribution >= 0.6 is 0 Å². The standard InChI is InChI=1S/C21H27FN4O2/c1-23-21(25-15-17-5-3-4-6-20(17)27-2)24-14-16-7-8-19(18(22)13-16)26-9-11-28-12-10-26/h3-8,13H,9-12,14-15H2,1-2H3,(H2,23,24,25). The fraction of sp³-hybridized carbons (Fsp3) is 0.381.